The third-order valence-corrected chi connectivity index (χ3v) is 11.6. The number of nitrogens with zero attached hydrogens (tertiary/aromatic N) is 5. The standard InChI is InChI=1S/C51H61N13O9/c1-5-53-50(71)62-49-59-40-27-34(26-37(45(40)61-49)38-12-8-9-23-54-38)33-17-20-36(56-28-33)29-63(4)51(72)73-30-32-15-18-35(19-16-32)57-46(68)39(13-11-24-55-48(52)70)58-47(69)44(31(2)3)60-41(65)14-7-6-10-25-64-42(66)21-22-43(64)67/h8-9,12,15-23,26-28,31,39,44H,5-7,10-11,13-14,24-25,29-30H2,1-4H3,(H,57,68)(H,58,69)(H,60,65)(H3,52,55,70)(H3,53,59,61,62,71)/t39-,44?/m0/s1. The van der Waals surface area contributed by atoms with Crippen LogP contribution in [0.2, 0.25) is 0 Å². The summed E-state index contributed by atoms with van der Waals surface area (Å²) in [5.41, 5.74) is 11.3. The zero-order valence-corrected chi connectivity index (χ0v) is 41.2. The third-order valence-electron chi connectivity index (χ3n) is 11.6. The first-order valence-corrected chi connectivity index (χ1v) is 24.0. The molecule has 5 aromatic rings. The van der Waals surface area contributed by atoms with Gasteiger partial charge in [-0.05, 0) is 92.1 Å². The number of unbranched alkanes of at least 4 members (excludes halogenated alkanes) is 2. The summed E-state index contributed by atoms with van der Waals surface area (Å²) in [5.74, 6) is -2.23. The molecule has 9 N–H and O–H groups in total. The fourth-order valence-corrected chi connectivity index (χ4v) is 7.75. The van der Waals surface area contributed by atoms with Crippen LogP contribution in [0.5, 0.6) is 0 Å². The van der Waals surface area contributed by atoms with E-state index >= 15 is 0 Å². The van der Waals surface area contributed by atoms with E-state index in [0.29, 0.717) is 65.9 Å². The third kappa shape index (κ3) is 15.7. The molecule has 0 bridgehead atoms. The lowest BCUT2D eigenvalue weighted by molar-refractivity contribution is -0.137. The minimum atomic E-state index is -1.05. The lowest BCUT2D eigenvalue weighted by Crippen LogP contribution is -2.54. The molecule has 2 aromatic carbocycles. The van der Waals surface area contributed by atoms with Gasteiger partial charge >= 0.3 is 18.2 Å². The van der Waals surface area contributed by atoms with E-state index in [2.05, 4.69) is 51.8 Å². The number of hydrogen-bond donors (Lipinski definition) is 8. The van der Waals surface area contributed by atoms with Crippen molar-refractivity contribution in [3.8, 4) is 22.4 Å². The Morgan fingerprint density at radius 2 is 1.60 bits per heavy atom. The summed E-state index contributed by atoms with van der Waals surface area (Å²) in [6, 6.07) is 16.7. The number of ether oxygens (including phenoxy) is 1. The van der Waals surface area contributed by atoms with E-state index < -0.39 is 36.0 Å². The summed E-state index contributed by atoms with van der Waals surface area (Å²) >= 11 is 0. The molecule has 384 valence electrons. The quantitative estimate of drug-likeness (QED) is 0.0296. The predicted molar refractivity (Wildman–Crippen MR) is 272 cm³/mol. The number of rotatable bonds is 24. The van der Waals surface area contributed by atoms with Crippen LogP contribution in [-0.4, -0.2) is 116 Å². The number of pyridine rings is 2. The highest BCUT2D eigenvalue weighted by Crippen LogP contribution is 2.33. The Morgan fingerprint density at radius 1 is 0.836 bits per heavy atom. The number of hydrogen-bond acceptors (Lipinski definition) is 12. The van der Waals surface area contributed by atoms with E-state index in [-0.39, 0.29) is 74.7 Å². The van der Waals surface area contributed by atoms with Gasteiger partial charge in [-0.25, -0.2) is 19.4 Å². The number of carbonyl (C=O) groups is 8. The van der Waals surface area contributed by atoms with Crippen molar-refractivity contribution < 1.29 is 43.1 Å². The van der Waals surface area contributed by atoms with Gasteiger partial charge in [-0.2, -0.15) is 0 Å². The molecule has 2 atom stereocenters. The Labute approximate surface area is 421 Å². The Morgan fingerprint density at radius 3 is 2.27 bits per heavy atom. The van der Waals surface area contributed by atoms with E-state index in [0.717, 1.165) is 21.6 Å². The summed E-state index contributed by atoms with van der Waals surface area (Å²) in [7, 11) is 1.60. The molecule has 22 nitrogen and oxygen atoms in total. The monoisotopic (exact) mass is 999 g/mol. The normalized spacial score (nSPS) is 12.8. The number of carbonyl (C=O) groups excluding carboxylic acids is 8. The molecular weight excluding hydrogens is 939 g/mol. The molecule has 73 heavy (non-hydrogen) atoms. The first-order valence-electron chi connectivity index (χ1n) is 24.0. The topological polar surface area (TPSA) is 305 Å². The fraction of sp³-hybridized carbons (Fsp3) is 0.353. The van der Waals surface area contributed by atoms with E-state index in [9.17, 15) is 38.4 Å². The highest BCUT2D eigenvalue weighted by molar-refractivity contribution is 6.12. The number of anilines is 2. The highest BCUT2D eigenvalue weighted by Gasteiger charge is 2.29. The highest BCUT2D eigenvalue weighted by atomic mass is 16.6. The van der Waals surface area contributed by atoms with E-state index in [1.807, 2.05) is 49.4 Å². The molecule has 6 rings (SSSR count). The minimum Gasteiger partial charge on any atom is -0.445 e. The Bertz CT molecular complexity index is 2780. The van der Waals surface area contributed by atoms with Gasteiger partial charge in [0, 0.05) is 74.5 Å². The summed E-state index contributed by atoms with van der Waals surface area (Å²) < 4.78 is 5.58. The van der Waals surface area contributed by atoms with Gasteiger partial charge in [0.25, 0.3) is 11.8 Å². The maximum atomic E-state index is 13.6. The number of nitrogens with two attached hydrogens (primary N) is 1. The van der Waals surface area contributed by atoms with Gasteiger partial charge in [-0.15, -0.1) is 0 Å². The minimum absolute atomic E-state index is 0.0643. The predicted octanol–water partition coefficient (Wildman–Crippen LogP) is 5.09. The second kappa shape index (κ2) is 26.0. The van der Waals surface area contributed by atoms with Crippen molar-refractivity contribution in [2.24, 2.45) is 11.7 Å². The molecule has 1 aliphatic rings. The van der Waals surface area contributed by atoms with Crippen LogP contribution < -0.4 is 37.6 Å². The second-order valence-corrected chi connectivity index (χ2v) is 17.6. The van der Waals surface area contributed by atoms with Crippen LogP contribution in [0, 0.1) is 5.92 Å². The van der Waals surface area contributed by atoms with Crippen LogP contribution in [0.25, 0.3) is 33.4 Å². The van der Waals surface area contributed by atoms with Crippen molar-refractivity contribution in [3.05, 3.63) is 103 Å². The van der Waals surface area contributed by atoms with Crippen LogP contribution in [0.4, 0.5) is 26.0 Å². The number of aromatic amines is 1. The molecule has 4 heterocycles. The first-order chi connectivity index (χ1) is 35.1. The number of primary amides is 1. The van der Waals surface area contributed by atoms with E-state index in [1.165, 1.54) is 17.1 Å². The van der Waals surface area contributed by atoms with Gasteiger partial charge in [-0.1, -0.05) is 44.5 Å². The summed E-state index contributed by atoms with van der Waals surface area (Å²) in [6.45, 7) is 6.31. The van der Waals surface area contributed by atoms with Crippen molar-refractivity contribution in [2.75, 3.05) is 37.3 Å². The van der Waals surface area contributed by atoms with Gasteiger partial charge in [0.05, 0.1) is 29.0 Å². The molecule has 22 heteroatoms. The zero-order valence-electron chi connectivity index (χ0n) is 41.2. The number of benzene rings is 2. The summed E-state index contributed by atoms with van der Waals surface area (Å²) in [6.07, 6.45) is 7.39. The van der Waals surface area contributed by atoms with Crippen LogP contribution in [0.15, 0.2) is 91.3 Å². The molecule has 0 saturated carbocycles. The van der Waals surface area contributed by atoms with Crippen LogP contribution in [0.1, 0.15) is 70.6 Å². The number of fused-ring (bicyclic) bond motifs is 1. The molecule has 0 saturated heterocycles. The van der Waals surface area contributed by atoms with Gasteiger partial charge in [0.15, 0.2) is 0 Å². The van der Waals surface area contributed by atoms with Gasteiger partial charge < -0.3 is 46.9 Å². The van der Waals surface area contributed by atoms with Crippen LogP contribution in [-0.2, 0) is 41.9 Å². The number of imidazole rings is 1. The molecule has 0 spiro atoms. The molecule has 0 aliphatic carbocycles. The summed E-state index contributed by atoms with van der Waals surface area (Å²) in [5, 5.41) is 16.2. The Balaban J connectivity index is 0.997. The van der Waals surface area contributed by atoms with Crippen LogP contribution >= 0.6 is 0 Å². The van der Waals surface area contributed by atoms with Crippen molar-refractivity contribution in [1.82, 2.24) is 51.0 Å². The largest absolute Gasteiger partial charge is 0.445 e. The molecule has 10 amide bonds. The average Bonchev–Trinajstić information content (AvgIpc) is 3.93. The van der Waals surface area contributed by atoms with Crippen molar-refractivity contribution in [3.63, 3.8) is 0 Å². The fourth-order valence-electron chi connectivity index (χ4n) is 7.75. The SMILES string of the molecule is CCNC(=O)Nc1nc2c(-c3ccccn3)cc(-c3ccc(CN(C)C(=O)OCc4ccc(NC(=O)[C@H](CCCNC(N)=O)NC(=O)C(NC(=O)CCCCCN5C(=O)C=CC5=O)C(C)C)cc4)nc3)cc2[nH]1. The number of urea groups is 2. The average molecular weight is 1000 g/mol. The maximum absolute atomic E-state index is 13.6. The summed E-state index contributed by atoms with van der Waals surface area (Å²) in [4.78, 5) is 120. The molecule has 0 fully saturated rings. The lowest BCUT2D eigenvalue weighted by Gasteiger charge is -2.25. The molecule has 1 aliphatic heterocycles. The zero-order chi connectivity index (χ0) is 52.4. The van der Waals surface area contributed by atoms with E-state index in [4.69, 9.17) is 10.5 Å². The number of H-pyrrole nitrogens is 1. The van der Waals surface area contributed by atoms with Gasteiger partial charge in [0.1, 0.15) is 18.7 Å². The number of aromatic nitrogens is 4. The Hall–Kier alpha value is -8.69. The number of nitrogens with one attached hydrogen (secondary N) is 7. The second-order valence-electron chi connectivity index (χ2n) is 17.6. The van der Waals surface area contributed by atoms with E-state index in [1.54, 1.807) is 57.6 Å². The lowest BCUT2D eigenvalue weighted by atomic mass is 10.0. The van der Waals surface area contributed by atoms with Crippen molar-refractivity contribution in [2.45, 2.75) is 84.5 Å². The number of imide groups is 1. The molecule has 0 radical (unpaired) electrons. The first kappa shape index (κ1) is 53.7. The van der Waals surface area contributed by atoms with Crippen molar-refractivity contribution >= 4 is 70.4 Å². The van der Waals surface area contributed by atoms with Crippen LogP contribution in [0.3, 0.4) is 0 Å². The van der Waals surface area contributed by atoms with Gasteiger partial charge in [0.2, 0.25) is 23.7 Å². The molecular formula is C51H61N13O9. The van der Waals surface area contributed by atoms with Gasteiger partial charge in [-0.3, -0.25) is 44.2 Å². The van der Waals surface area contributed by atoms with Crippen molar-refractivity contribution in [1.29, 1.82) is 0 Å². The molecule has 1 unspecified atom stereocenters. The molecule has 3 aromatic heterocycles. The maximum Gasteiger partial charge on any atom is 0.410 e. The number of amides is 10. The Kier molecular flexibility index (Phi) is 19.1. The smallest absolute Gasteiger partial charge is 0.410 e.